The Hall–Kier alpha value is 0.140. The fourth-order valence-electron chi connectivity index (χ4n) is 1.81. The summed E-state index contributed by atoms with van der Waals surface area (Å²) in [5.74, 6) is 0. The minimum atomic E-state index is -0.722. The first-order chi connectivity index (χ1) is 4.81. The maximum Gasteiger partial charge on any atom is 0.126 e. The number of rotatable bonds is 0. The van der Waals surface area contributed by atoms with Gasteiger partial charge in [0.25, 0.3) is 0 Å². The van der Waals surface area contributed by atoms with Gasteiger partial charge in [-0.15, -0.1) is 12.4 Å². The van der Waals surface area contributed by atoms with E-state index in [4.69, 9.17) is 4.74 Å². The van der Waals surface area contributed by atoms with Crippen molar-refractivity contribution in [1.82, 2.24) is 5.32 Å². The van der Waals surface area contributed by atoms with Gasteiger partial charge in [0.2, 0.25) is 0 Å². The average Bonchev–Trinajstić information content (AvgIpc) is 2.46. The molecule has 1 N–H and O–H groups in total. The van der Waals surface area contributed by atoms with Crippen LogP contribution in [0.3, 0.4) is 0 Å². The Morgan fingerprint density at radius 1 is 1.55 bits per heavy atom. The number of hydrogen-bond donors (Lipinski definition) is 1. The van der Waals surface area contributed by atoms with Crippen molar-refractivity contribution >= 4 is 12.4 Å². The largest absolute Gasteiger partial charge is 0.370 e. The van der Waals surface area contributed by atoms with Gasteiger partial charge in [0, 0.05) is 13.0 Å². The second-order valence-corrected chi connectivity index (χ2v) is 3.22. The summed E-state index contributed by atoms with van der Waals surface area (Å²) in [7, 11) is 0. The predicted molar refractivity (Wildman–Crippen MR) is 42.9 cm³/mol. The molecule has 2 aliphatic heterocycles. The molecule has 2 fully saturated rings. The zero-order valence-corrected chi connectivity index (χ0v) is 7.12. The summed E-state index contributed by atoms with van der Waals surface area (Å²) >= 11 is 0. The molecule has 2 atom stereocenters. The zero-order valence-electron chi connectivity index (χ0n) is 6.31. The molecule has 11 heavy (non-hydrogen) atoms. The number of ether oxygens (including phenoxy) is 1. The standard InChI is InChI=1S/C7H12FNO.ClH/c8-6-3-7(10-4-6)1-2-9-5-7;/h6,9H,1-5H2;1H. The molecule has 2 rings (SSSR count). The Kier molecular flexibility index (Phi) is 2.73. The van der Waals surface area contributed by atoms with Crippen LogP contribution in [0.2, 0.25) is 0 Å². The van der Waals surface area contributed by atoms with Crippen molar-refractivity contribution in [3.05, 3.63) is 0 Å². The van der Waals surface area contributed by atoms with E-state index in [9.17, 15) is 4.39 Å². The minimum Gasteiger partial charge on any atom is -0.370 e. The van der Waals surface area contributed by atoms with E-state index in [2.05, 4.69) is 5.32 Å². The van der Waals surface area contributed by atoms with E-state index in [0.717, 1.165) is 19.5 Å². The Bertz CT molecular complexity index is 138. The summed E-state index contributed by atoms with van der Waals surface area (Å²) < 4.78 is 18.0. The summed E-state index contributed by atoms with van der Waals surface area (Å²) in [6.07, 6.45) is 0.854. The van der Waals surface area contributed by atoms with Crippen molar-refractivity contribution in [1.29, 1.82) is 0 Å². The van der Waals surface area contributed by atoms with Crippen LogP contribution < -0.4 is 5.32 Å². The lowest BCUT2D eigenvalue weighted by atomic mass is 9.99. The van der Waals surface area contributed by atoms with E-state index in [1.807, 2.05) is 0 Å². The smallest absolute Gasteiger partial charge is 0.126 e. The third-order valence-corrected chi connectivity index (χ3v) is 2.37. The van der Waals surface area contributed by atoms with Crippen LogP contribution in [0.15, 0.2) is 0 Å². The Balaban J connectivity index is 0.000000605. The van der Waals surface area contributed by atoms with E-state index in [-0.39, 0.29) is 18.0 Å². The lowest BCUT2D eigenvalue weighted by molar-refractivity contribution is 0.0197. The number of hydrogen-bond acceptors (Lipinski definition) is 2. The topological polar surface area (TPSA) is 21.3 Å². The van der Waals surface area contributed by atoms with Crippen molar-refractivity contribution < 1.29 is 9.13 Å². The molecule has 0 aromatic carbocycles. The first kappa shape index (κ1) is 9.23. The summed E-state index contributed by atoms with van der Waals surface area (Å²) in [5, 5.41) is 3.18. The van der Waals surface area contributed by atoms with E-state index >= 15 is 0 Å². The average molecular weight is 182 g/mol. The van der Waals surface area contributed by atoms with E-state index in [1.54, 1.807) is 0 Å². The van der Waals surface area contributed by atoms with Gasteiger partial charge in [-0.2, -0.15) is 0 Å². The van der Waals surface area contributed by atoms with Crippen LogP contribution in [-0.4, -0.2) is 31.5 Å². The van der Waals surface area contributed by atoms with E-state index < -0.39 is 6.17 Å². The fourth-order valence-corrected chi connectivity index (χ4v) is 1.81. The highest BCUT2D eigenvalue weighted by Gasteiger charge is 2.42. The van der Waals surface area contributed by atoms with Crippen LogP contribution in [0.1, 0.15) is 12.8 Å². The number of halogens is 2. The maximum absolute atomic E-state index is 12.7. The molecular formula is C7H13ClFNO. The maximum atomic E-state index is 12.7. The Morgan fingerprint density at radius 3 is 2.82 bits per heavy atom. The summed E-state index contributed by atoms with van der Waals surface area (Å²) in [4.78, 5) is 0. The third-order valence-electron chi connectivity index (χ3n) is 2.37. The minimum absolute atomic E-state index is 0. The Morgan fingerprint density at radius 2 is 2.36 bits per heavy atom. The van der Waals surface area contributed by atoms with Crippen LogP contribution in [-0.2, 0) is 4.74 Å². The van der Waals surface area contributed by atoms with Crippen LogP contribution in [0.4, 0.5) is 4.39 Å². The van der Waals surface area contributed by atoms with Crippen molar-refractivity contribution in [3.8, 4) is 0 Å². The van der Waals surface area contributed by atoms with Crippen LogP contribution in [0, 0.1) is 0 Å². The molecular weight excluding hydrogens is 169 g/mol. The molecule has 2 aliphatic rings. The normalized spacial score (nSPS) is 42.8. The van der Waals surface area contributed by atoms with Crippen molar-refractivity contribution in [3.63, 3.8) is 0 Å². The van der Waals surface area contributed by atoms with Gasteiger partial charge in [0.1, 0.15) is 6.17 Å². The van der Waals surface area contributed by atoms with E-state index in [1.165, 1.54) is 0 Å². The lowest BCUT2D eigenvalue weighted by Gasteiger charge is -2.19. The molecule has 66 valence electrons. The quantitative estimate of drug-likeness (QED) is 0.600. The van der Waals surface area contributed by atoms with Crippen LogP contribution >= 0.6 is 12.4 Å². The number of alkyl halides is 1. The highest BCUT2D eigenvalue weighted by molar-refractivity contribution is 5.85. The number of nitrogens with one attached hydrogen (secondary N) is 1. The molecule has 2 heterocycles. The molecule has 2 nitrogen and oxygen atoms in total. The van der Waals surface area contributed by atoms with Crippen molar-refractivity contribution in [2.45, 2.75) is 24.6 Å². The second kappa shape index (κ2) is 3.25. The Labute approximate surface area is 71.9 Å². The summed E-state index contributed by atoms with van der Waals surface area (Å²) in [5.41, 5.74) is -0.126. The van der Waals surface area contributed by atoms with Gasteiger partial charge in [0.15, 0.2) is 0 Å². The molecule has 2 unspecified atom stereocenters. The van der Waals surface area contributed by atoms with Gasteiger partial charge < -0.3 is 10.1 Å². The molecule has 2 saturated heterocycles. The fraction of sp³-hybridized carbons (Fsp3) is 1.00. The van der Waals surface area contributed by atoms with Gasteiger partial charge in [-0.05, 0) is 13.0 Å². The van der Waals surface area contributed by atoms with Crippen molar-refractivity contribution in [2.75, 3.05) is 19.7 Å². The molecule has 0 saturated carbocycles. The highest BCUT2D eigenvalue weighted by atomic mass is 35.5. The molecule has 0 aliphatic carbocycles. The first-order valence-electron chi connectivity index (χ1n) is 3.80. The second-order valence-electron chi connectivity index (χ2n) is 3.22. The first-order valence-corrected chi connectivity index (χ1v) is 3.80. The van der Waals surface area contributed by atoms with Gasteiger partial charge >= 0.3 is 0 Å². The molecule has 4 heteroatoms. The molecule has 0 aromatic heterocycles. The van der Waals surface area contributed by atoms with Gasteiger partial charge in [-0.1, -0.05) is 0 Å². The van der Waals surface area contributed by atoms with Gasteiger partial charge in [0.05, 0.1) is 12.2 Å². The zero-order chi connectivity index (χ0) is 7.03. The van der Waals surface area contributed by atoms with Gasteiger partial charge in [-0.25, -0.2) is 4.39 Å². The van der Waals surface area contributed by atoms with Crippen molar-refractivity contribution in [2.24, 2.45) is 0 Å². The molecule has 0 amide bonds. The molecule has 0 aromatic rings. The molecule has 0 bridgehead atoms. The summed E-state index contributed by atoms with van der Waals surface area (Å²) in [6, 6.07) is 0. The molecule has 1 spiro atoms. The lowest BCUT2D eigenvalue weighted by Crippen LogP contribution is -2.30. The third kappa shape index (κ3) is 1.66. The SMILES string of the molecule is Cl.FC1COC2(CCNC2)C1. The summed E-state index contributed by atoms with van der Waals surface area (Å²) in [6.45, 7) is 2.13. The van der Waals surface area contributed by atoms with E-state index in [0.29, 0.717) is 13.0 Å². The predicted octanol–water partition coefficient (Wildman–Crippen LogP) is 0.899. The highest BCUT2D eigenvalue weighted by Crippen LogP contribution is 2.32. The van der Waals surface area contributed by atoms with Crippen LogP contribution in [0.25, 0.3) is 0 Å². The molecule has 0 radical (unpaired) electrons. The van der Waals surface area contributed by atoms with Crippen LogP contribution in [0.5, 0.6) is 0 Å². The monoisotopic (exact) mass is 181 g/mol. The van der Waals surface area contributed by atoms with Gasteiger partial charge in [-0.3, -0.25) is 0 Å².